The maximum absolute atomic E-state index is 12.7. The lowest BCUT2D eigenvalue weighted by Gasteiger charge is -2.26. The molecule has 1 aliphatic rings. The van der Waals surface area contributed by atoms with Gasteiger partial charge in [0.25, 0.3) is 5.91 Å². The summed E-state index contributed by atoms with van der Waals surface area (Å²) in [6.07, 6.45) is 0. The number of halogens is 1. The van der Waals surface area contributed by atoms with Crippen LogP contribution in [0.4, 0.5) is 5.69 Å². The maximum atomic E-state index is 12.7. The van der Waals surface area contributed by atoms with E-state index < -0.39 is 5.97 Å². The molecule has 1 aromatic carbocycles. The highest BCUT2D eigenvalue weighted by molar-refractivity contribution is 6.30. The number of carbonyl (C=O) groups is 2. The second-order valence-corrected chi connectivity index (χ2v) is 5.83. The van der Waals surface area contributed by atoms with Gasteiger partial charge in [0.2, 0.25) is 0 Å². The van der Waals surface area contributed by atoms with Crippen molar-refractivity contribution in [2.24, 2.45) is 0 Å². The lowest BCUT2D eigenvalue weighted by Crippen LogP contribution is -2.41. The Morgan fingerprint density at radius 1 is 1.24 bits per heavy atom. The number of amides is 1. The average Bonchev–Trinajstić information content (AvgIpc) is 2.99. The SMILES string of the molecule is COC(=O)c1c(N)c(C(=O)N2CCOCC2)nn1-c1ccc(Cl)cc1. The number of anilines is 1. The van der Waals surface area contributed by atoms with E-state index in [1.54, 1.807) is 29.2 Å². The number of nitrogens with zero attached hydrogens (tertiary/aromatic N) is 3. The largest absolute Gasteiger partial charge is 0.464 e. The Labute approximate surface area is 149 Å². The van der Waals surface area contributed by atoms with E-state index in [2.05, 4.69) is 5.10 Å². The monoisotopic (exact) mass is 364 g/mol. The van der Waals surface area contributed by atoms with Gasteiger partial charge in [-0.15, -0.1) is 0 Å². The molecule has 1 aliphatic heterocycles. The van der Waals surface area contributed by atoms with Crippen LogP contribution >= 0.6 is 11.6 Å². The molecule has 2 N–H and O–H groups in total. The summed E-state index contributed by atoms with van der Waals surface area (Å²) in [5.41, 5.74) is 6.60. The zero-order chi connectivity index (χ0) is 18.0. The topological polar surface area (TPSA) is 99.7 Å². The van der Waals surface area contributed by atoms with Crippen molar-refractivity contribution in [1.29, 1.82) is 0 Å². The maximum Gasteiger partial charge on any atom is 0.358 e. The Bertz CT molecular complexity index is 797. The highest BCUT2D eigenvalue weighted by atomic mass is 35.5. The minimum absolute atomic E-state index is 0.00133. The minimum atomic E-state index is -0.680. The molecule has 1 aromatic heterocycles. The van der Waals surface area contributed by atoms with Crippen LogP contribution < -0.4 is 5.73 Å². The first-order chi connectivity index (χ1) is 12.0. The molecule has 25 heavy (non-hydrogen) atoms. The van der Waals surface area contributed by atoms with Crippen LogP contribution in [0.5, 0.6) is 0 Å². The summed E-state index contributed by atoms with van der Waals surface area (Å²) in [5, 5.41) is 4.80. The number of benzene rings is 1. The second kappa shape index (κ2) is 7.12. The summed E-state index contributed by atoms with van der Waals surface area (Å²) in [7, 11) is 1.24. The van der Waals surface area contributed by atoms with Gasteiger partial charge in [0.05, 0.1) is 31.7 Å². The number of aromatic nitrogens is 2. The third-order valence-electron chi connectivity index (χ3n) is 3.87. The van der Waals surface area contributed by atoms with Gasteiger partial charge in [-0.3, -0.25) is 4.79 Å². The normalized spacial score (nSPS) is 14.4. The van der Waals surface area contributed by atoms with E-state index in [-0.39, 0.29) is 23.0 Å². The number of hydrogen-bond acceptors (Lipinski definition) is 6. The van der Waals surface area contributed by atoms with Crippen molar-refractivity contribution in [2.75, 3.05) is 39.1 Å². The fourth-order valence-electron chi connectivity index (χ4n) is 2.57. The van der Waals surface area contributed by atoms with Crippen molar-refractivity contribution in [3.05, 3.63) is 40.7 Å². The third kappa shape index (κ3) is 3.31. The summed E-state index contributed by atoms with van der Waals surface area (Å²) >= 11 is 5.90. The van der Waals surface area contributed by atoms with Crippen molar-refractivity contribution in [3.8, 4) is 5.69 Å². The van der Waals surface area contributed by atoms with Gasteiger partial charge < -0.3 is 20.1 Å². The minimum Gasteiger partial charge on any atom is -0.464 e. The van der Waals surface area contributed by atoms with Crippen molar-refractivity contribution in [2.45, 2.75) is 0 Å². The van der Waals surface area contributed by atoms with E-state index in [0.29, 0.717) is 37.0 Å². The first-order valence-corrected chi connectivity index (χ1v) is 8.00. The van der Waals surface area contributed by atoms with E-state index in [1.807, 2.05) is 0 Å². The summed E-state index contributed by atoms with van der Waals surface area (Å²) in [5.74, 6) is -1.03. The number of nitrogen functional groups attached to an aromatic ring is 1. The van der Waals surface area contributed by atoms with Crippen LogP contribution in [0.3, 0.4) is 0 Å². The van der Waals surface area contributed by atoms with E-state index in [9.17, 15) is 9.59 Å². The van der Waals surface area contributed by atoms with Gasteiger partial charge in [-0.1, -0.05) is 11.6 Å². The Morgan fingerprint density at radius 2 is 1.88 bits per heavy atom. The van der Waals surface area contributed by atoms with Gasteiger partial charge in [0.15, 0.2) is 11.4 Å². The Hall–Kier alpha value is -2.58. The summed E-state index contributed by atoms with van der Waals surface area (Å²) in [6, 6.07) is 6.65. The van der Waals surface area contributed by atoms with E-state index >= 15 is 0 Å². The zero-order valence-electron chi connectivity index (χ0n) is 13.6. The predicted octanol–water partition coefficient (Wildman–Crippen LogP) is 1.37. The highest BCUT2D eigenvalue weighted by Crippen LogP contribution is 2.24. The fourth-order valence-corrected chi connectivity index (χ4v) is 2.69. The Morgan fingerprint density at radius 3 is 2.48 bits per heavy atom. The molecule has 1 saturated heterocycles. The molecule has 0 unspecified atom stereocenters. The van der Waals surface area contributed by atoms with Gasteiger partial charge in [-0.2, -0.15) is 5.10 Å². The molecule has 0 radical (unpaired) electrons. The first kappa shape index (κ1) is 17.2. The Balaban J connectivity index is 2.06. The van der Waals surface area contributed by atoms with E-state index in [0.717, 1.165) is 0 Å². The molecule has 0 saturated carbocycles. The smallest absolute Gasteiger partial charge is 0.358 e. The second-order valence-electron chi connectivity index (χ2n) is 5.40. The van der Waals surface area contributed by atoms with Crippen LogP contribution in [0.25, 0.3) is 5.69 Å². The number of morpholine rings is 1. The molecule has 2 aromatic rings. The van der Waals surface area contributed by atoms with E-state index in [4.69, 9.17) is 26.8 Å². The number of esters is 1. The molecular formula is C16H17ClN4O4. The van der Waals surface area contributed by atoms with E-state index in [1.165, 1.54) is 11.8 Å². The van der Waals surface area contributed by atoms with Gasteiger partial charge in [-0.25, -0.2) is 9.48 Å². The Kier molecular flexibility index (Phi) is 4.91. The molecule has 0 bridgehead atoms. The van der Waals surface area contributed by atoms with Crippen molar-refractivity contribution < 1.29 is 19.1 Å². The molecule has 0 atom stereocenters. The molecular weight excluding hydrogens is 348 g/mol. The lowest BCUT2D eigenvalue weighted by molar-refractivity contribution is 0.0299. The third-order valence-corrected chi connectivity index (χ3v) is 4.12. The van der Waals surface area contributed by atoms with Gasteiger partial charge in [-0.05, 0) is 24.3 Å². The van der Waals surface area contributed by atoms with Crippen LogP contribution in [0.1, 0.15) is 21.0 Å². The molecule has 0 aliphatic carbocycles. The standard InChI is InChI=1S/C16H17ClN4O4/c1-24-16(23)14-12(18)13(15(22)20-6-8-25-9-7-20)19-21(14)11-4-2-10(17)3-5-11/h2-5H,6-9,18H2,1H3. The number of hydrogen-bond donors (Lipinski definition) is 1. The average molecular weight is 365 g/mol. The van der Waals surface area contributed by atoms with Crippen LogP contribution in [-0.4, -0.2) is 60.0 Å². The zero-order valence-corrected chi connectivity index (χ0v) is 14.3. The van der Waals surface area contributed by atoms with Crippen LogP contribution in [-0.2, 0) is 9.47 Å². The number of carbonyl (C=O) groups excluding carboxylic acids is 2. The molecule has 9 heteroatoms. The lowest BCUT2D eigenvalue weighted by atomic mass is 10.2. The van der Waals surface area contributed by atoms with Crippen molar-refractivity contribution in [1.82, 2.24) is 14.7 Å². The number of rotatable bonds is 3. The van der Waals surface area contributed by atoms with Gasteiger partial charge in [0.1, 0.15) is 0 Å². The molecule has 2 heterocycles. The highest BCUT2D eigenvalue weighted by Gasteiger charge is 2.30. The quantitative estimate of drug-likeness (QED) is 0.825. The van der Waals surface area contributed by atoms with Crippen LogP contribution in [0.2, 0.25) is 5.02 Å². The van der Waals surface area contributed by atoms with Gasteiger partial charge >= 0.3 is 5.97 Å². The van der Waals surface area contributed by atoms with Crippen LogP contribution in [0.15, 0.2) is 24.3 Å². The number of ether oxygens (including phenoxy) is 2. The van der Waals surface area contributed by atoms with Crippen LogP contribution in [0, 0.1) is 0 Å². The van der Waals surface area contributed by atoms with Gasteiger partial charge in [0, 0.05) is 18.1 Å². The molecule has 0 spiro atoms. The molecule has 1 amide bonds. The number of nitrogens with two attached hydrogens (primary N) is 1. The molecule has 3 rings (SSSR count). The van der Waals surface area contributed by atoms with Crippen molar-refractivity contribution >= 4 is 29.2 Å². The summed E-state index contributed by atoms with van der Waals surface area (Å²) in [6.45, 7) is 1.79. The molecule has 8 nitrogen and oxygen atoms in total. The molecule has 132 valence electrons. The summed E-state index contributed by atoms with van der Waals surface area (Å²) in [4.78, 5) is 26.5. The van der Waals surface area contributed by atoms with Crippen molar-refractivity contribution in [3.63, 3.8) is 0 Å². The first-order valence-electron chi connectivity index (χ1n) is 7.62. The summed E-state index contributed by atoms with van der Waals surface area (Å²) < 4.78 is 11.3. The predicted molar refractivity (Wildman–Crippen MR) is 91.0 cm³/mol. The molecule has 1 fully saturated rings. The fraction of sp³-hybridized carbons (Fsp3) is 0.312. The number of methoxy groups -OCH3 is 1.